The van der Waals surface area contributed by atoms with Crippen LogP contribution < -0.4 is 5.32 Å². The minimum atomic E-state index is -0.386. The number of nitrogens with one attached hydrogen (secondary N) is 1. The molecule has 6 nitrogen and oxygen atoms in total. The molecule has 1 heterocycles. The minimum absolute atomic E-state index is 0.118. The average molecular weight is 334 g/mol. The second-order valence-corrected chi connectivity index (χ2v) is 6.03. The predicted octanol–water partition coefficient (Wildman–Crippen LogP) is 3.20. The van der Waals surface area contributed by atoms with Gasteiger partial charge in [0.25, 0.3) is 0 Å². The van der Waals surface area contributed by atoms with Crippen LogP contribution in [0.1, 0.15) is 42.1 Å². The Morgan fingerprint density at radius 2 is 2.17 bits per heavy atom. The van der Waals surface area contributed by atoms with Crippen molar-refractivity contribution in [1.82, 2.24) is 4.90 Å². The third-order valence-electron chi connectivity index (χ3n) is 4.11. The molecule has 1 aromatic carbocycles. The van der Waals surface area contributed by atoms with Gasteiger partial charge in [0.05, 0.1) is 18.8 Å². The third kappa shape index (κ3) is 4.71. The highest BCUT2D eigenvalue weighted by Crippen LogP contribution is 2.19. The molecule has 2 amide bonds. The summed E-state index contributed by atoms with van der Waals surface area (Å²) in [6.07, 6.45) is 3.04. The maximum atomic E-state index is 12.5. The van der Waals surface area contributed by atoms with E-state index in [9.17, 15) is 9.59 Å². The van der Waals surface area contributed by atoms with Crippen molar-refractivity contribution in [3.63, 3.8) is 0 Å². The normalized spacial score (nSPS) is 17.5. The number of carbonyl (C=O) groups excluding carboxylic acids is 2. The largest absolute Gasteiger partial charge is 0.465 e. The van der Waals surface area contributed by atoms with Crippen LogP contribution >= 0.6 is 0 Å². The Bertz CT molecular complexity index is 588. The third-order valence-corrected chi connectivity index (χ3v) is 4.11. The first-order valence-corrected chi connectivity index (χ1v) is 8.41. The van der Waals surface area contributed by atoms with Crippen LogP contribution in [0.15, 0.2) is 18.2 Å². The van der Waals surface area contributed by atoms with Crippen molar-refractivity contribution in [2.45, 2.75) is 39.2 Å². The van der Waals surface area contributed by atoms with Gasteiger partial charge in [-0.3, -0.25) is 0 Å². The lowest BCUT2D eigenvalue weighted by molar-refractivity contribution is 0.0115. The number of rotatable bonds is 5. The molecule has 0 aliphatic carbocycles. The number of ether oxygens (including phenoxy) is 2. The topological polar surface area (TPSA) is 67.9 Å². The van der Waals surface area contributed by atoms with Crippen molar-refractivity contribution in [2.24, 2.45) is 0 Å². The van der Waals surface area contributed by atoms with Crippen LogP contribution in [-0.2, 0) is 9.47 Å². The van der Waals surface area contributed by atoms with E-state index in [2.05, 4.69) is 12.2 Å². The van der Waals surface area contributed by atoms with Gasteiger partial charge < -0.3 is 19.7 Å². The quantitative estimate of drug-likeness (QED) is 0.840. The van der Waals surface area contributed by atoms with Crippen LogP contribution in [0.5, 0.6) is 0 Å². The molecule has 0 saturated carbocycles. The molecule has 1 aliphatic rings. The SMILES string of the molecule is CCCOC1CCCN(C(=O)Nc2ccc(C(=O)OC)cc2C)C1. The summed E-state index contributed by atoms with van der Waals surface area (Å²) in [5, 5.41) is 2.92. The summed E-state index contributed by atoms with van der Waals surface area (Å²) in [5.41, 5.74) is 1.99. The fourth-order valence-corrected chi connectivity index (χ4v) is 2.79. The predicted molar refractivity (Wildman–Crippen MR) is 92.4 cm³/mol. The number of hydrogen-bond donors (Lipinski definition) is 1. The molecule has 0 radical (unpaired) electrons. The number of piperidine rings is 1. The summed E-state index contributed by atoms with van der Waals surface area (Å²) in [6, 6.07) is 4.96. The number of urea groups is 1. The number of benzene rings is 1. The summed E-state index contributed by atoms with van der Waals surface area (Å²) in [7, 11) is 1.35. The lowest BCUT2D eigenvalue weighted by Crippen LogP contribution is -2.45. The Hall–Kier alpha value is -2.08. The Morgan fingerprint density at radius 3 is 2.83 bits per heavy atom. The van der Waals surface area contributed by atoms with E-state index in [4.69, 9.17) is 9.47 Å². The molecule has 24 heavy (non-hydrogen) atoms. The lowest BCUT2D eigenvalue weighted by Gasteiger charge is -2.32. The van der Waals surface area contributed by atoms with Crippen molar-refractivity contribution in [2.75, 3.05) is 32.1 Å². The molecular formula is C18H26N2O4. The number of aryl methyl sites for hydroxylation is 1. The number of amides is 2. The molecule has 2 rings (SSSR count). The highest BCUT2D eigenvalue weighted by molar-refractivity contribution is 5.93. The summed E-state index contributed by atoms with van der Waals surface area (Å²) >= 11 is 0. The van der Waals surface area contributed by atoms with Crippen molar-refractivity contribution in [3.05, 3.63) is 29.3 Å². The van der Waals surface area contributed by atoms with E-state index in [-0.39, 0.29) is 18.1 Å². The summed E-state index contributed by atoms with van der Waals surface area (Å²) in [5.74, 6) is -0.386. The molecule has 1 unspecified atom stereocenters. The van der Waals surface area contributed by atoms with Gasteiger partial charge in [0.2, 0.25) is 0 Å². The molecular weight excluding hydrogens is 308 g/mol. The van der Waals surface area contributed by atoms with Crippen molar-refractivity contribution < 1.29 is 19.1 Å². The Balaban J connectivity index is 1.97. The van der Waals surface area contributed by atoms with E-state index in [0.717, 1.165) is 38.0 Å². The lowest BCUT2D eigenvalue weighted by atomic mass is 10.1. The standard InChI is InChI=1S/C18H26N2O4/c1-4-10-24-15-6-5-9-20(12-15)18(22)19-16-8-7-14(11-13(16)2)17(21)23-3/h7-8,11,15H,4-6,9-10,12H2,1-3H3,(H,19,22). The molecule has 1 saturated heterocycles. The highest BCUT2D eigenvalue weighted by atomic mass is 16.5. The van der Waals surface area contributed by atoms with Gasteiger partial charge >= 0.3 is 12.0 Å². The first-order valence-electron chi connectivity index (χ1n) is 8.41. The molecule has 1 atom stereocenters. The van der Waals surface area contributed by atoms with Gasteiger partial charge in [-0.25, -0.2) is 9.59 Å². The molecule has 1 N–H and O–H groups in total. The van der Waals surface area contributed by atoms with E-state index in [1.54, 1.807) is 23.1 Å². The van der Waals surface area contributed by atoms with Crippen LogP contribution in [0.2, 0.25) is 0 Å². The fraction of sp³-hybridized carbons (Fsp3) is 0.556. The molecule has 6 heteroatoms. The zero-order valence-corrected chi connectivity index (χ0v) is 14.6. The number of anilines is 1. The smallest absolute Gasteiger partial charge is 0.337 e. The summed E-state index contributed by atoms with van der Waals surface area (Å²) in [4.78, 5) is 25.8. The Labute approximate surface area is 143 Å². The van der Waals surface area contributed by atoms with Crippen molar-refractivity contribution in [1.29, 1.82) is 0 Å². The maximum Gasteiger partial charge on any atom is 0.337 e. The number of carbonyl (C=O) groups is 2. The number of methoxy groups -OCH3 is 1. The molecule has 132 valence electrons. The Morgan fingerprint density at radius 1 is 1.38 bits per heavy atom. The second-order valence-electron chi connectivity index (χ2n) is 6.03. The Kier molecular flexibility index (Phi) is 6.61. The summed E-state index contributed by atoms with van der Waals surface area (Å²) < 4.78 is 10.5. The molecule has 1 aliphatic heterocycles. The van der Waals surface area contributed by atoms with Gasteiger partial charge in [0, 0.05) is 25.4 Å². The average Bonchev–Trinajstić information content (AvgIpc) is 2.61. The van der Waals surface area contributed by atoms with E-state index >= 15 is 0 Å². The van der Waals surface area contributed by atoms with Crippen LogP contribution in [0, 0.1) is 6.92 Å². The van der Waals surface area contributed by atoms with Gasteiger partial charge in [-0.1, -0.05) is 6.92 Å². The van der Waals surface area contributed by atoms with Crippen LogP contribution in [0.25, 0.3) is 0 Å². The zero-order valence-electron chi connectivity index (χ0n) is 14.6. The van der Waals surface area contributed by atoms with Crippen LogP contribution in [-0.4, -0.2) is 49.8 Å². The van der Waals surface area contributed by atoms with Gasteiger partial charge in [-0.15, -0.1) is 0 Å². The van der Waals surface area contributed by atoms with E-state index in [0.29, 0.717) is 17.8 Å². The van der Waals surface area contributed by atoms with E-state index in [1.807, 2.05) is 6.92 Å². The molecule has 0 aromatic heterocycles. The first kappa shape index (κ1) is 18.3. The molecule has 1 aromatic rings. The highest BCUT2D eigenvalue weighted by Gasteiger charge is 2.24. The van der Waals surface area contributed by atoms with Gasteiger partial charge in [0.15, 0.2) is 0 Å². The second kappa shape index (κ2) is 8.68. The van der Waals surface area contributed by atoms with E-state index < -0.39 is 0 Å². The van der Waals surface area contributed by atoms with Crippen molar-refractivity contribution in [3.8, 4) is 0 Å². The van der Waals surface area contributed by atoms with Crippen molar-refractivity contribution >= 4 is 17.7 Å². The van der Waals surface area contributed by atoms with Gasteiger partial charge in [0.1, 0.15) is 0 Å². The van der Waals surface area contributed by atoms with Gasteiger partial charge in [-0.2, -0.15) is 0 Å². The zero-order chi connectivity index (χ0) is 17.5. The van der Waals surface area contributed by atoms with Gasteiger partial charge in [-0.05, 0) is 49.9 Å². The number of likely N-dealkylation sites (tertiary alicyclic amines) is 1. The molecule has 0 bridgehead atoms. The number of esters is 1. The van der Waals surface area contributed by atoms with Crippen LogP contribution in [0.3, 0.4) is 0 Å². The molecule has 1 fully saturated rings. The fourth-order valence-electron chi connectivity index (χ4n) is 2.79. The minimum Gasteiger partial charge on any atom is -0.465 e. The first-order chi connectivity index (χ1) is 11.5. The monoisotopic (exact) mass is 334 g/mol. The summed E-state index contributed by atoms with van der Waals surface area (Å²) in [6.45, 7) is 6.01. The molecule has 0 spiro atoms. The number of nitrogens with zero attached hydrogens (tertiary/aromatic N) is 1. The number of hydrogen-bond acceptors (Lipinski definition) is 4. The van der Waals surface area contributed by atoms with Crippen LogP contribution in [0.4, 0.5) is 10.5 Å². The van der Waals surface area contributed by atoms with E-state index in [1.165, 1.54) is 7.11 Å². The maximum absolute atomic E-state index is 12.5.